The number of ether oxygens (including phenoxy) is 1. The largest absolute Gasteiger partial charge is 0.449 e. The predicted molar refractivity (Wildman–Crippen MR) is 88.0 cm³/mol. The van der Waals surface area contributed by atoms with Crippen molar-refractivity contribution < 1.29 is 23.6 Å². The quantitative estimate of drug-likeness (QED) is 0.495. The lowest BCUT2D eigenvalue weighted by Gasteiger charge is -2.14. The molecule has 25 heavy (non-hydrogen) atoms. The number of carbonyl (C=O) groups is 2. The van der Waals surface area contributed by atoms with E-state index in [0.29, 0.717) is 0 Å². The third-order valence-electron chi connectivity index (χ3n) is 3.17. The van der Waals surface area contributed by atoms with Crippen molar-refractivity contribution in [3.8, 4) is 0 Å². The van der Waals surface area contributed by atoms with Gasteiger partial charge in [-0.3, -0.25) is 14.9 Å². The van der Waals surface area contributed by atoms with Gasteiger partial charge in [0, 0.05) is 12.1 Å². The van der Waals surface area contributed by atoms with Crippen LogP contribution in [0.15, 0.2) is 42.5 Å². The molecule has 0 bridgehead atoms. The number of para-hydroxylation sites is 1. The van der Waals surface area contributed by atoms with Gasteiger partial charge in [-0.05, 0) is 25.1 Å². The van der Waals surface area contributed by atoms with E-state index in [9.17, 15) is 24.1 Å². The van der Waals surface area contributed by atoms with Crippen LogP contribution in [-0.4, -0.2) is 22.9 Å². The molecule has 130 valence electrons. The minimum Gasteiger partial charge on any atom is -0.449 e. The first-order valence-corrected chi connectivity index (χ1v) is 7.37. The van der Waals surface area contributed by atoms with Gasteiger partial charge in [0.05, 0.1) is 21.2 Å². The molecular weight excluding hydrogens is 355 g/mol. The molecule has 2 aromatic rings. The van der Waals surface area contributed by atoms with Crippen molar-refractivity contribution in [1.29, 1.82) is 0 Å². The second-order valence-corrected chi connectivity index (χ2v) is 5.35. The number of amides is 1. The monoisotopic (exact) mass is 366 g/mol. The second-order valence-electron chi connectivity index (χ2n) is 4.94. The minimum atomic E-state index is -1.28. The van der Waals surface area contributed by atoms with Crippen LogP contribution in [0.1, 0.15) is 17.3 Å². The summed E-state index contributed by atoms with van der Waals surface area (Å²) in [6, 6.07) is 8.76. The Morgan fingerprint density at radius 1 is 1.28 bits per heavy atom. The first-order chi connectivity index (χ1) is 11.8. The van der Waals surface area contributed by atoms with Crippen LogP contribution in [0.3, 0.4) is 0 Å². The van der Waals surface area contributed by atoms with Crippen LogP contribution in [0.5, 0.6) is 0 Å². The van der Waals surface area contributed by atoms with Crippen LogP contribution in [-0.2, 0) is 9.53 Å². The highest BCUT2D eigenvalue weighted by molar-refractivity contribution is 6.33. The van der Waals surface area contributed by atoms with Gasteiger partial charge in [0.2, 0.25) is 0 Å². The van der Waals surface area contributed by atoms with Crippen molar-refractivity contribution in [3.05, 3.63) is 69.0 Å². The molecule has 7 nitrogen and oxygen atoms in total. The summed E-state index contributed by atoms with van der Waals surface area (Å²) in [5.41, 5.74) is -0.662. The van der Waals surface area contributed by atoms with E-state index in [1.165, 1.54) is 31.2 Å². The van der Waals surface area contributed by atoms with E-state index >= 15 is 0 Å². The van der Waals surface area contributed by atoms with Gasteiger partial charge in [0.1, 0.15) is 5.82 Å². The summed E-state index contributed by atoms with van der Waals surface area (Å²) in [5.74, 6) is -2.42. The third kappa shape index (κ3) is 4.51. The van der Waals surface area contributed by atoms with Gasteiger partial charge in [0.25, 0.3) is 11.6 Å². The molecule has 0 aliphatic carbocycles. The number of rotatable bonds is 5. The van der Waals surface area contributed by atoms with Gasteiger partial charge >= 0.3 is 5.97 Å². The Hall–Kier alpha value is -3.00. The molecule has 0 aromatic heterocycles. The summed E-state index contributed by atoms with van der Waals surface area (Å²) in [7, 11) is 0. The number of hydrogen-bond donors (Lipinski definition) is 1. The summed E-state index contributed by atoms with van der Waals surface area (Å²) >= 11 is 5.84. The van der Waals surface area contributed by atoms with Crippen LogP contribution in [0.25, 0.3) is 0 Å². The number of esters is 1. The molecule has 0 aliphatic rings. The molecule has 0 fully saturated rings. The Bertz CT molecular complexity index is 843. The number of nitro benzene ring substituents is 1. The molecule has 1 N–H and O–H groups in total. The topological polar surface area (TPSA) is 98.5 Å². The predicted octanol–water partition coefficient (Wildman–Crippen LogP) is 3.57. The number of carbonyl (C=O) groups excluding carboxylic acids is 2. The first kappa shape index (κ1) is 18.3. The average molecular weight is 367 g/mol. The van der Waals surface area contributed by atoms with E-state index in [1.807, 2.05) is 0 Å². The molecule has 0 unspecified atom stereocenters. The van der Waals surface area contributed by atoms with Crippen LogP contribution in [0, 0.1) is 15.9 Å². The summed E-state index contributed by atoms with van der Waals surface area (Å²) in [6.07, 6.45) is -1.28. The molecule has 1 amide bonds. The van der Waals surface area contributed by atoms with E-state index in [2.05, 4.69) is 5.32 Å². The SMILES string of the molecule is C[C@H](OC(=O)c1cc([N+](=O)[O-])ccc1Cl)C(=O)Nc1ccccc1F. The Morgan fingerprint density at radius 3 is 2.60 bits per heavy atom. The second kappa shape index (κ2) is 7.71. The lowest BCUT2D eigenvalue weighted by Crippen LogP contribution is -2.30. The maximum Gasteiger partial charge on any atom is 0.340 e. The highest BCUT2D eigenvalue weighted by Gasteiger charge is 2.23. The molecule has 0 radical (unpaired) electrons. The zero-order chi connectivity index (χ0) is 18.6. The number of halogens is 2. The third-order valence-corrected chi connectivity index (χ3v) is 3.50. The molecule has 1 atom stereocenters. The van der Waals surface area contributed by atoms with E-state index in [0.717, 1.165) is 18.2 Å². The summed E-state index contributed by atoms with van der Waals surface area (Å²) < 4.78 is 18.5. The fourth-order valence-electron chi connectivity index (χ4n) is 1.86. The number of anilines is 1. The highest BCUT2D eigenvalue weighted by Crippen LogP contribution is 2.23. The molecule has 0 spiro atoms. The van der Waals surface area contributed by atoms with Crippen molar-refractivity contribution in [2.45, 2.75) is 13.0 Å². The number of nitrogens with one attached hydrogen (secondary N) is 1. The van der Waals surface area contributed by atoms with E-state index in [1.54, 1.807) is 0 Å². The lowest BCUT2D eigenvalue weighted by atomic mass is 10.2. The highest BCUT2D eigenvalue weighted by atomic mass is 35.5. The van der Waals surface area contributed by atoms with Gasteiger partial charge in [-0.1, -0.05) is 23.7 Å². The van der Waals surface area contributed by atoms with Crippen LogP contribution < -0.4 is 5.32 Å². The van der Waals surface area contributed by atoms with Gasteiger partial charge in [-0.2, -0.15) is 0 Å². The average Bonchev–Trinajstić information content (AvgIpc) is 2.56. The normalized spacial score (nSPS) is 11.5. The Labute approximate surface area is 146 Å². The van der Waals surface area contributed by atoms with Crippen molar-refractivity contribution in [2.75, 3.05) is 5.32 Å². The van der Waals surface area contributed by atoms with Crippen LogP contribution in [0.2, 0.25) is 5.02 Å². The number of nitro groups is 1. The number of nitrogens with zero attached hydrogens (tertiary/aromatic N) is 1. The standard InChI is InChI=1S/C16H12ClFN2O5/c1-9(15(21)19-14-5-3-2-4-13(14)18)25-16(22)11-8-10(20(23)24)6-7-12(11)17/h2-9H,1H3,(H,19,21)/t9-/m0/s1. The Morgan fingerprint density at radius 2 is 1.96 bits per heavy atom. The molecule has 0 saturated carbocycles. The van der Waals surface area contributed by atoms with E-state index in [4.69, 9.17) is 16.3 Å². The minimum absolute atomic E-state index is 0.0580. The molecule has 2 rings (SSSR count). The van der Waals surface area contributed by atoms with Gasteiger partial charge in [-0.15, -0.1) is 0 Å². The maximum absolute atomic E-state index is 13.5. The van der Waals surface area contributed by atoms with Gasteiger partial charge < -0.3 is 10.1 Å². The molecule has 0 aliphatic heterocycles. The van der Waals surface area contributed by atoms with Crippen LogP contribution >= 0.6 is 11.6 Å². The fraction of sp³-hybridized carbons (Fsp3) is 0.125. The smallest absolute Gasteiger partial charge is 0.340 e. The Balaban J connectivity index is 2.09. The van der Waals surface area contributed by atoms with Crippen molar-refractivity contribution >= 4 is 34.9 Å². The molecule has 0 saturated heterocycles. The van der Waals surface area contributed by atoms with Crippen molar-refractivity contribution in [2.24, 2.45) is 0 Å². The van der Waals surface area contributed by atoms with Crippen molar-refractivity contribution in [1.82, 2.24) is 0 Å². The molecule has 0 heterocycles. The zero-order valence-corrected chi connectivity index (χ0v) is 13.6. The lowest BCUT2D eigenvalue weighted by molar-refractivity contribution is -0.384. The first-order valence-electron chi connectivity index (χ1n) is 7.00. The summed E-state index contributed by atoms with van der Waals surface area (Å²) in [5, 5.41) is 13.0. The van der Waals surface area contributed by atoms with Gasteiger partial charge in [-0.25, -0.2) is 9.18 Å². The molecule has 9 heteroatoms. The van der Waals surface area contributed by atoms with Crippen molar-refractivity contribution in [3.63, 3.8) is 0 Å². The number of benzene rings is 2. The maximum atomic E-state index is 13.5. The van der Waals surface area contributed by atoms with E-state index < -0.39 is 28.7 Å². The molecule has 2 aromatic carbocycles. The fourth-order valence-corrected chi connectivity index (χ4v) is 2.05. The summed E-state index contributed by atoms with van der Waals surface area (Å²) in [4.78, 5) is 34.2. The van der Waals surface area contributed by atoms with E-state index in [-0.39, 0.29) is 22.0 Å². The molecular formula is C16H12ClFN2O5. The van der Waals surface area contributed by atoms with Crippen LogP contribution in [0.4, 0.5) is 15.8 Å². The summed E-state index contributed by atoms with van der Waals surface area (Å²) in [6.45, 7) is 1.28. The number of hydrogen-bond acceptors (Lipinski definition) is 5. The Kier molecular flexibility index (Phi) is 5.66. The zero-order valence-electron chi connectivity index (χ0n) is 12.9. The van der Waals surface area contributed by atoms with Gasteiger partial charge in [0.15, 0.2) is 6.10 Å². The number of non-ortho nitro benzene ring substituents is 1.